The van der Waals surface area contributed by atoms with Crippen LogP contribution in [0.25, 0.3) is 0 Å². The molecule has 0 atom stereocenters. The van der Waals surface area contributed by atoms with Crippen LogP contribution in [-0.2, 0) is 30.9 Å². The van der Waals surface area contributed by atoms with Gasteiger partial charge in [-0.25, -0.2) is 0 Å². The Bertz CT molecular complexity index is 842. The standard InChI is InChI=1S/C25H27NO2/c1-26(18-22-6-3-2-4-7-22)19-23-9-11-24(12-10-23)20-28-25-15-13-21(14-16-25)8-5-17-27/h2-4,6-7,9-17H,5,8,18-20H2,1H3. The largest absolute Gasteiger partial charge is 0.489 e. The Kier molecular flexibility index (Phi) is 7.39. The van der Waals surface area contributed by atoms with Crippen LogP contribution in [0.5, 0.6) is 5.75 Å². The van der Waals surface area contributed by atoms with Gasteiger partial charge in [-0.05, 0) is 47.9 Å². The van der Waals surface area contributed by atoms with E-state index in [1.807, 2.05) is 30.3 Å². The first kappa shape index (κ1) is 19.8. The van der Waals surface area contributed by atoms with E-state index < -0.39 is 0 Å². The van der Waals surface area contributed by atoms with Gasteiger partial charge in [0, 0.05) is 19.5 Å². The maximum atomic E-state index is 10.4. The maximum absolute atomic E-state index is 10.4. The number of hydrogen-bond donors (Lipinski definition) is 0. The van der Waals surface area contributed by atoms with Gasteiger partial charge in [-0.15, -0.1) is 0 Å². The smallest absolute Gasteiger partial charge is 0.120 e. The molecular formula is C25H27NO2. The van der Waals surface area contributed by atoms with Crippen LogP contribution < -0.4 is 4.74 Å². The van der Waals surface area contributed by atoms with Crippen LogP contribution >= 0.6 is 0 Å². The summed E-state index contributed by atoms with van der Waals surface area (Å²) in [6.45, 7) is 2.40. The number of carbonyl (C=O) groups is 1. The summed E-state index contributed by atoms with van der Waals surface area (Å²) in [5.74, 6) is 0.849. The van der Waals surface area contributed by atoms with Crippen LogP contribution in [0.3, 0.4) is 0 Å². The van der Waals surface area contributed by atoms with Gasteiger partial charge in [0.25, 0.3) is 0 Å². The second-order valence-electron chi connectivity index (χ2n) is 7.11. The minimum atomic E-state index is 0.549. The van der Waals surface area contributed by atoms with E-state index >= 15 is 0 Å². The van der Waals surface area contributed by atoms with Gasteiger partial charge in [0.05, 0.1) is 0 Å². The third kappa shape index (κ3) is 6.36. The van der Waals surface area contributed by atoms with Crippen molar-refractivity contribution in [2.75, 3.05) is 7.05 Å². The average molecular weight is 373 g/mol. The van der Waals surface area contributed by atoms with Gasteiger partial charge in [-0.3, -0.25) is 4.90 Å². The average Bonchev–Trinajstić information content (AvgIpc) is 2.73. The van der Waals surface area contributed by atoms with E-state index in [2.05, 4.69) is 60.5 Å². The van der Waals surface area contributed by atoms with Gasteiger partial charge in [0.2, 0.25) is 0 Å². The van der Waals surface area contributed by atoms with Crippen molar-refractivity contribution in [2.45, 2.75) is 32.5 Å². The lowest BCUT2D eigenvalue weighted by Crippen LogP contribution is -2.17. The highest BCUT2D eigenvalue weighted by Crippen LogP contribution is 2.16. The van der Waals surface area contributed by atoms with Gasteiger partial charge >= 0.3 is 0 Å². The molecule has 0 aliphatic carbocycles. The van der Waals surface area contributed by atoms with Gasteiger partial charge in [0.15, 0.2) is 0 Å². The fourth-order valence-electron chi connectivity index (χ4n) is 3.15. The molecule has 0 bridgehead atoms. The Hall–Kier alpha value is -2.91. The topological polar surface area (TPSA) is 29.5 Å². The third-order valence-electron chi connectivity index (χ3n) is 4.65. The van der Waals surface area contributed by atoms with Crippen LogP contribution in [0, 0.1) is 0 Å². The first-order valence-electron chi connectivity index (χ1n) is 9.68. The molecule has 0 fully saturated rings. The fourth-order valence-corrected chi connectivity index (χ4v) is 3.15. The highest BCUT2D eigenvalue weighted by Gasteiger charge is 2.03. The van der Waals surface area contributed by atoms with Crippen LogP contribution in [0.1, 0.15) is 28.7 Å². The van der Waals surface area contributed by atoms with Crippen molar-refractivity contribution in [3.8, 4) is 5.75 Å². The molecule has 0 saturated heterocycles. The Balaban J connectivity index is 1.46. The molecule has 0 spiro atoms. The molecule has 0 aromatic heterocycles. The number of rotatable bonds is 10. The molecule has 0 radical (unpaired) electrons. The van der Waals surface area contributed by atoms with Crippen molar-refractivity contribution in [2.24, 2.45) is 0 Å². The number of aryl methyl sites for hydroxylation is 1. The molecule has 0 aliphatic heterocycles. The Morgan fingerprint density at radius 2 is 1.32 bits per heavy atom. The van der Waals surface area contributed by atoms with Crippen LogP contribution in [0.4, 0.5) is 0 Å². The molecule has 3 nitrogen and oxygen atoms in total. The molecule has 0 unspecified atom stereocenters. The zero-order valence-corrected chi connectivity index (χ0v) is 16.4. The predicted molar refractivity (Wildman–Crippen MR) is 113 cm³/mol. The SMILES string of the molecule is CN(Cc1ccccc1)Cc1ccc(COc2ccc(CCC=O)cc2)cc1. The molecule has 0 saturated carbocycles. The van der Waals surface area contributed by atoms with Gasteiger partial charge in [-0.2, -0.15) is 0 Å². The summed E-state index contributed by atoms with van der Waals surface area (Å²) in [5, 5.41) is 0. The molecule has 0 N–H and O–H groups in total. The van der Waals surface area contributed by atoms with E-state index in [0.717, 1.165) is 42.7 Å². The summed E-state index contributed by atoms with van der Waals surface area (Å²) < 4.78 is 5.87. The van der Waals surface area contributed by atoms with E-state index in [-0.39, 0.29) is 0 Å². The quantitative estimate of drug-likeness (QED) is 0.467. The molecule has 28 heavy (non-hydrogen) atoms. The summed E-state index contributed by atoms with van der Waals surface area (Å²) in [7, 11) is 2.14. The molecule has 3 heteroatoms. The monoisotopic (exact) mass is 373 g/mol. The summed E-state index contributed by atoms with van der Waals surface area (Å²) in [4.78, 5) is 12.8. The van der Waals surface area contributed by atoms with E-state index in [1.165, 1.54) is 11.1 Å². The number of hydrogen-bond acceptors (Lipinski definition) is 3. The van der Waals surface area contributed by atoms with E-state index in [1.54, 1.807) is 0 Å². The van der Waals surface area contributed by atoms with Crippen molar-refractivity contribution in [3.63, 3.8) is 0 Å². The lowest BCUT2D eigenvalue weighted by Gasteiger charge is -2.17. The highest BCUT2D eigenvalue weighted by atomic mass is 16.5. The van der Waals surface area contributed by atoms with Crippen LogP contribution in [0.15, 0.2) is 78.9 Å². The van der Waals surface area contributed by atoms with Crippen molar-refractivity contribution >= 4 is 6.29 Å². The Morgan fingerprint density at radius 3 is 1.96 bits per heavy atom. The van der Waals surface area contributed by atoms with E-state index in [9.17, 15) is 4.79 Å². The molecule has 0 amide bonds. The number of ether oxygens (including phenoxy) is 1. The lowest BCUT2D eigenvalue weighted by molar-refractivity contribution is -0.107. The van der Waals surface area contributed by atoms with E-state index in [0.29, 0.717) is 13.0 Å². The summed E-state index contributed by atoms with van der Waals surface area (Å²) >= 11 is 0. The van der Waals surface area contributed by atoms with Crippen molar-refractivity contribution < 1.29 is 9.53 Å². The lowest BCUT2D eigenvalue weighted by atomic mass is 10.1. The van der Waals surface area contributed by atoms with Gasteiger partial charge < -0.3 is 9.53 Å². The zero-order chi connectivity index (χ0) is 19.6. The summed E-state index contributed by atoms with van der Waals surface area (Å²) in [5.41, 5.74) is 4.93. The number of carbonyl (C=O) groups excluding carboxylic acids is 1. The van der Waals surface area contributed by atoms with Crippen LogP contribution in [0.2, 0.25) is 0 Å². The number of benzene rings is 3. The van der Waals surface area contributed by atoms with Crippen molar-refractivity contribution in [3.05, 3.63) is 101 Å². The Morgan fingerprint density at radius 1 is 0.750 bits per heavy atom. The van der Waals surface area contributed by atoms with E-state index in [4.69, 9.17) is 4.74 Å². The fraction of sp³-hybridized carbons (Fsp3) is 0.240. The maximum Gasteiger partial charge on any atom is 0.120 e. The predicted octanol–water partition coefficient (Wildman–Crippen LogP) is 5.03. The third-order valence-corrected chi connectivity index (χ3v) is 4.65. The molecule has 3 rings (SSSR count). The van der Waals surface area contributed by atoms with Gasteiger partial charge in [0.1, 0.15) is 18.6 Å². The molecule has 144 valence electrons. The molecule has 3 aromatic rings. The molecular weight excluding hydrogens is 346 g/mol. The van der Waals surface area contributed by atoms with Crippen LogP contribution in [-0.4, -0.2) is 18.2 Å². The normalized spacial score (nSPS) is 10.8. The molecule has 0 heterocycles. The minimum Gasteiger partial charge on any atom is -0.489 e. The highest BCUT2D eigenvalue weighted by molar-refractivity contribution is 5.50. The first-order chi connectivity index (χ1) is 13.7. The van der Waals surface area contributed by atoms with Gasteiger partial charge in [-0.1, -0.05) is 66.7 Å². The number of aldehydes is 1. The first-order valence-corrected chi connectivity index (χ1v) is 9.68. The zero-order valence-electron chi connectivity index (χ0n) is 16.4. The molecule has 3 aromatic carbocycles. The number of nitrogens with zero attached hydrogens (tertiary/aromatic N) is 1. The Labute approximate surface area is 167 Å². The summed E-state index contributed by atoms with van der Waals surface area (Å²) in [6.07, 6.45) is 2.30. The second kappa shape index (κ2) is 10.4. The minimum absolute atomic E-state index is 0.549. The second-order valence-corrected chi connectivity index (χ2v) is 7.11. The summed E-state index contributed by atoms with van der Waals surface area (Å²) in [6, 6.07) is 27.1. The van der Waals surface area contributed by atoms with Crippen molar-refractivity contribution in [1.29, 1.82) is 0 Å². The van der Waals surface area contributed by atoms with Crippen molar-refractivity contribution in [1.82, 2.24) is 4.90 Å². The molecule has 0 aliphatic rings.